The fraction of sp³-hybridized carbons (Fsp3) is 0.150. The van der Waals surface area contributed by atoms with Gasteiger partial charge in [0.1, 0.15) is 11.5 Å². The number of rotatable bonds is 5. The Morgan fingerprint density at radius 2 is 1.66 bits per heavy atom. The highest BCUT2D eigenvalue weighted by Gasteiger charge is 2.32. The molecule has 0 aliphatic carbocycles. The molecule has 0 radical (unpaired) electrons. The van der Waals surface area contributed by atoms with Crippen molar-refractivity contribution in [1.29, 1.82) is 0 Å². The molecule has 0 aliphatic rings. The molecule has 0 amide bonds. The Kier molecular flexibility index (Phi) is 6.10. The summed E-state index contributed by atoms with van der Waals surface area (Å²) in [5.41, 5.74) is -0.651. The van der Waals surface area contributed by atoms with Gasteiger partial charge in [0, 0.05) is 28.1 Å². The first-order valence-corrected chi connectivity index (χ1v) is 9.16. The second-order valence-corrected chi connectivity index (χ2v) is 7.00. The van der Waals surface area contributed by atoms with Crippen LogP contribution in [0.4, 0.5) is 13.2 Å². The molecule has 2 aromatic carbocycles. The van der Waals surface area contributed by atoms with E-state index in [2.05, 4.69) is 9.97 Å². The van der Waals surface area contributed by atoms with E-state index in [9.17, 15) is 22.8 Å². The molecule has 0 saturated heterocycles. The molecule has 0 unspecified atom stereocenters. The van der Waals surface area contributed by atoms with Gasteiger partial charge in [0.25, 0.3) is 5.56 Å². The lowest BCUT2D eigenvalue weighted by molar-refractivity contribution is -0.137. The monoisotopic (exact) mass is 440 g/mol. The molecule has 0 spiro atoms. The Bertz CT molecular complexity index is 1090. The Morgan fingerprint density at radius 1 is 1.03 bits per heavy atom. The van der Waals surface area contributed by atoms with Gasteiger partial charge in [0.2, 0.25) is 0 Å². The van der Waals surface area contributed by atoms with E-state index in [1.807, 2.05) is 0 Å². The molecule has 4 nitrogen and oxygen atoms in total. The van der Waals surface area contributed by atoms with Crippen molar-refractivity contribution in [3.8, 4) is 11.4 Å². The predicted molar refractivity (Wildman–Crippen MR) is 104 cm³/mol. The van der Waals surface area contributed by atoms with Crippen LogP contribution in [-0.4, -0.2) is 15.8 Å². The highest BCUT2D eigenvalue weighted by Crippen LogP contribution is 2.36. The van der Waals surface area contributed by atoms with Crippen LogP contribution >= 0.6 is 23.2 Å². The summed E-state index contributed by atoms with van der Waals surface area (Å²) >= 11 is 11.9. The molecule has 0 atom stereocenters. The third-order valence-corrected chi connectivity index (χ3v) is 4.82. The quantitative estimate of drug-likeness (QED) is 0.526. The number of aromatic nitrogens is 2. The largest absolute Gasteiger partial charge is 0.416 e. The number of nitrogens with zero attached hydrogens (tertiary/aromatic N) is 1. The molecule has 1 N–H and O–H groups in total. The van der Waals surface area contributed by atoms with Crippen LogP contribution in [0.2, 0.25) is 10.0 Å². The molecule has 150 valence electrons. The standard InChI is InChI=1S/C20H13Cl2F3N2O2/c21-14-8-12(20(23,24)25)9-15(22)13(14)6-7-17(28)16-10-18(29)27-19(26-16)11-4-2-1-3-5-11/h1-5,8-10H,6-7H2,(H,26,27,29). The summed E-state index contributed by atoms with van der Waals surface area (Å²) < 4.78 is 38.5. The first-order valence-electron chi connectivity index (χ1n) is 8.40. The second kappa shape index (κ2) is 8.39. The van der Waals surface area contributed by atoms with Crippen LogP contribution < -0.4 is 5.56 Å². The van der Waals surface area contributed by atoms with Gasteiger partial charge in [0.15, 0.2) is 5.78 Å². The zero-order chi connectivity index (χ0) is 21.2. The van der Waals surface area contributed by atoms with Crippen LogP contribution in [0.5, 0.6) is 0 Å². The van der Waals surface area contributed by atoms with E-state index in [1.54, 1.807) is 30.3 Å². The van der Waals surface area contributed by atoms with Crippen molar-refractivity contribution in [3.05, 3.63) is 85.8 Å². The van der Waals surface area contributed by atoms with Gasteiger partial charge in [-0.05, 0) is 24.1 Å². The van der Waals surface area contributed by atoms with Crippen molar-refractivity contribution in [2.24, 2.45) is 0 Å². The molecular formula is C20H13Cl2F3N2O2. The van der Waals surface area contributed by atoms with Crippen molar-refractivity contribution >= 4 is 29.0 Å². The SMILES string of the molecule is O=C(CCc1c(Cl)cc(C(F)(F)F)cc1Cl)c1cc(=O)[nH]c(-c2ccccc2)n1. The third kappa shape index (κ3) is 5.05. The molecule has 1 aromatic heterocycles. The van der Waals surface area contributed by atoms with Gasteiger partial charge in [-0.3, -0.25) is 9.59 Å². The molecule has 9 heteroatoms. The molecule has 0 bridgehead atoms. The number of alkyl halides is 3. The zero-order valence-corrected chi connectivity index (χ0v) is 16.2. The van der Waals surface area contributed by atoms with E-state index in [1.165, 1.54) is 0 Å². The second-order valence-electron chi connectivity index (χ2n) is 6.18. The minimum Gasteiger partial charge on any atom is -0.306 e. The van der Waals surface area contributed by atoms with Crippen molar-refractivity contribution in [2.45, 2.75) is 19.0 Å². The normalized spacial score (nSPS) is 11.5. The number of H-pyrrole nitrogens is 1. The number of hydrogen-bond acceptors (Lipinski definition) is 3. The zero-order valence-electron chi connectivity index (χ0n) is 14.7. The summed E-state index contributed by atoms with van der Waals surface area (Å²) in [7, 11) is 0. The van der Waals surface area contributed by atoms with E-state index in [-0.39, 0.29) is 40.0 Å². The number of carbonyl (C=O) groups is 1. The van der Waals surface area contributed by atoms with Crippen molar-refractivity contribution in [3.63, 3.8) is 0 Å². The van der Waals surface area contributed by atoms with Crippen molar-refractivity contribution in [1.82, 2.24) is 9.97 Å². The number of halogens is 5. The van der Waals surface area contributed by atoms with E-state index in [0.717, 1.165) is 18.2 Å². The van der Waals surface area contributed by atoms with Gasteiger partial charge in [0.05, 0.1) is 5.56 Å². The van der Waals surface area contributed by atoms with E-state index < -0.39 is 23.1 Å². The highest BCUT2D eigenvalue weighted by molar-refractivity contribution is 6.36. The molecule has 0 saturated carbocycles. The van der Waals surface area contributed by atoms with Gasteiger partial charge in [-0.2, -0.15) is 13.2 Å². The molecular weight excluding hydrogens is 428 g/mol. The summed E-state index contributed by atoms with van der Waals surface area (Å²) in [6, 6.07) is 11.4. The smallest absolute Gasteiger partial charge is 0.306 e. The van der Waals surface area contributed by atoms with Gasteiger partial charge in [-0.25, -0.2) is 4.98 Å². The molecule has 3 rings (SSSR count). The Balaban J connectivity index is 1.82. The summed E-state index contributed by atoms with van der Waals surface area (Å²) in [5, 5.41) is -0.358. The molecule has 0 fully saturated rings. The van der Waals surface area contributed by atoms with E-state index in [4.69, 9.17) is 23.2 Å². The molecule has 29 heavy (non-hydrogen) atoms. The summed E-state index contributed by atoms with van der Waals surface area (Å²) in [6.45, 7) is 0. The molecule has 3 aromatic rings. The lowest BCUT2D eigenvalue weighted by Crippen LogP contribution is -2.14. The van der Waals surface area contributed by atoms with Gasteiger partial charge >= 0.3 is 6.18 Å². The van der Waals surface area contributed by atoms with E-state index >= 15 is 0 Å². The summed E-state index contributed by atoms with van der Waals surface area (Å²) in [6.07, 6.45) is -4.70. The maximum atomic E-state index is 12.8. The lowest BCUT2D eigenvalue weighted by atomic mass is 10.0. The maximum Gasteiger partial charge on any atom is 0.416 e. The third-order valence-electron chi connectivity index (χ3n) is 4.15. The Labute approximate surface area is 173 Å². The van der Waals surface area contributed by atoms with E-state index in [0.29, 0.717) is 5.56 Å². The number of ketones is 1. The summed E-state index contributed by atoms with van der Waals surface area (Å²) in [4.78, 5) is 31.2. The predicted octanol–water partition coefficient (Wildman–Crippen LogP) is 5.58. The number of carbonyl (C=O) groups excluding carboxylic acids is 1. The Hall–Kier alpha value is -2.64. The fourth-order valence-electron chi connectivity index (χ4n) is 2.71. The summed E-state index contributed by atoms with van der Waals surface area (Å²) in [5.74, 6) is -0.215. The maximum absolute atomic E-state index is 12.8. The number of hydrogen-bond donors (Lipinski definition) is 1. The lowest BCUT2D eigenvalue weighted by Gasteiger charge is -2.12. The van der Waals surface area contributed by atoms with Crippen molar-refractivity contribution in [2.75, 3.05) is 0 Å². The van der Waals surface area contributed by atoms with Crippen LogP contribution in [0, 0.1) is 0 Å². The average Bonchev–Trinajstić information content (AvgIpc) is 2.66. The van der Waals surface area contributed by atoms with Crippen LogP contribution in [0.25, 0.3) is 11.4 Å². The average molecular weight is 441 g/mol. The van der Waals surface area contributed by atoms with Crippen LogP contribution in [-0.2, 0) is 12.6 Å². The first kappa shape index (κ1) is 21.1. The fourth-order valence-corrected chi connectivity index (χ4v) is 3.38. The number of benzene rings is 2. The van der Waals surface area contributed by atoms with Crippen LogP contribution in [0.3, 0.4) is 0 Å². The molecule has 0 aliphatic heterocycles. The number of Topliss-reactive ketones (excluding diaryl/α,β-unsaturated/α-hetero) is 1. The van der Waals surface area contributed by atoms with Crippen molar-refractivity contribution < 1.29 is 18.0 Å². The highest BCUT2D eigenvalue weighted by atomic mass is 35.5. The minimum atomic E-state index is -4.58. The van der Waals surface area contributed by atoms with Gasteiger partial charge in [-0.15, -0.1) is 0 Å². The van der Waals surface area contributed by atoms with Crippen LogP contribution in [0.1, 0.15) is 28.0 Å². The topological polar surface area (TPSA) is 62.8 Å². The van der Waals surface area contributed by atoms with Gasteiger partial charge < -0.3 is 4.98 Å². The van der Waals surface area contributed by atoms with Crippen LogP contribution in [0.15, 0.2) is 53.3 Å². The van der Waals surface area contributed by atoms with Gasteiger partial charge in [-0.1, -0.05) is 53.5 Å². The first-order chi connectivity index (χ1) is 13.6. The Morgan fingerprint density at radius 3 is 2.24 bits per heavy atom. The molecule has 1 heterocycles. The minimum absolute atomic E-state index is 0.00376. The number of nitrogens with one attached hydrogen (secondary N) is 1. The number of aromatic amines is 1.